The molecule has 0 radical (unpaired) electrons. The molecule has 4 rings (SSSR count). The molecule has 30 heavy (non-hydrogen) atoms. The van der Waals surface area contributed by atoms with E-state index in [0.717, 1.165) is 26.7 Å². The van der Waals surface area contributed by atoms with Gasteiger partial charge in [-0.05, 0) is 53.2 Å². The number of allylic oxidation sites excluding steroid dienone is 3. The van der Waals surface area contributed by atoms with Crippen molar-refractivity contribution in [2.24, 2.45) is 0 Å². The summed E-state index contributed by atoms with van der Waals surface area (Å²) in [7, 11) is 0. The number of thiophene rings is 2. The van der Waals surface area contributed by atoms with Crippen molar-refractivity contribution < 1.29 is 4.79 Å². The zero-order chi connectivity index (χ0) is 20.9. The first kappa shape index (κ1) is 19.8. The molecule has 0 aliphatic carbocycles. The van der Waals surface area contributed by atoms with Crippen molar-refractivity contribution >= 4 is 45.4 Å². The van der Waals surface area contributed by atoms with Crippen molar-refractivity contribution in [2.45, 2.75) is 0 Å². The highest BCUT2D eigenvalue weighted by molar-refractivity contribution is 7.14. The highest BCUT2D eigenvalue weighted by atomic mass is 32.1. The number of nitrogens with one attached hydrogen (secondary N) is 2. The topological polar surface area (TPSA) is 66.9 Å². The van der Waals surface area contributed by atoms with Gasteiger partial charge in [0.1, 0.15) is 11.4 Å². The maximum atomic E-state index is 12.3. The van der Waals surface area contributed by atoms with Crippen LogP contribution in [0.3, 0.4) is 0 Å². The van der Waals surface area contributed by atoms with Crippen LogP contribution in [-0.2, 0) is 0 Å². The Bertz CT molecular complexity index is 1240. The summed E-state index contributed by atoms with van der Waals surface area (Å²) in [5.74, 6) is 0. The number of carbonyl (C=O) groups excluding carboxylic acids is 1. The number of carbonyl (C=O) groups is 1. The minimum Gasteiger partial charge on any atom is -0.308 e. The molecular weight excluding hydrogens is 412 g/mol. The average molecular weight is 431 g/mol. The molecule has 0 atom stereocenters. The van der Waals surface area contributed by atoms with Crippen LogP contribution in [0.15, 0.2) is 90.3 Å². The molecule has 2 amide bonds. The van der Waals surface area contributed by atoms with E-state index in [4.69, 9.17) is 9.97 Å². The highest BCUT2D eigenvalue weighted by Gasteiger charge is 2.15. The van der Waals surface area contributed by atoms with E-state index >= 15 is 0 Å². The van der Waals surface area contributed by atoms with Gasteiger partial charge in [0.15, 0.2) is 0 Å². The van der Waals surface area contributed by atoms with E-state index in [-0.39, 0.29) is 6.03 Å². The Hall–Kier alpha value is -3.55. The number of hydrogen-bond donors (Lipinski definition) is 2. The zero-order valence-electron chi connectivity index (χ0n) is 16.0. The van der Waals surface area contributed by atoms with E-state index < -0.39 is 0 Å². The van der Waals surface area contributed by atoms with Crippen LogP contribution in [0.5, 0.6) is 0 Å². The smallest absolute Gasteiger partial charge is 0.308 e. The molecule has 3 heterocycles. The molecule has 0 spiro atoms. The molecule has 4 aromatic rings. The van der Waals surface area contributed by atoms with Crippen LogP contribution in [0.4, 0.5) is 10.5 Å². The molecule has 7 heteroatoms. The van der Waals surface area contributed by atoms with Crippen LogP contribution in [0.25, 0.3) is 32.2 Å². The lowest BCUT2D eigenvalue weighted by Crippen LogP contribution is -2.27. The molecule has 5 nitrogen and oxygen atoms in total. The van der Waals surface area contributed by atoms with Crippen molar-refractivity contribution in [3.63, 3.8) is 0 Å². The summed E-state index contributed by atoms with van der Waals surface area (Å²) in [6.07, 6.45) is 4.80. The highest BCUT2D eigenvalue weighted by Crippen LogP contribution is 2.35. The lowest BCUT2D eigenvalue weighted by molar-refractivity contribution is 0.254. The number of urea groups is 1. The Morgan fingerprint density at radius 3 is 2.17 bits per heavy atom. The fraction of sp³-hybridized carbons (Fsp3) is 0. The Morgan fingerprint density at radius 1 is 0.933 bits per heavy atom. The Kier molecular flexibility index (Phi) is 5.83. The SMILES string of the molecule is C=C/C=C(\C=C)NC(=O)Nc1ccc2nc(-c3cccs3)c(-c3cccs3)nc2c1. The van der Waals surface area contributed by atoms with Crippen LogP contribution in [0.2, 0.25) is 0 Å². The normalized spacial score (nSPS) is 11.3. The fourth-order valence-corrected chi connectivity index (χ4v) is 4.31. The van der Waals surface area contributed by atoms with Crippen molar-refractivity contribution in [1.82, 2.24) is 15.3 Å². The largest absolute Gasteiger partial charge is 0.323 e. The predicted octanol–water partition coefficient (Wildman–Crippen LogP) is 6.46. The van der Waals surface area contributed by atoms with E-state index in [9.17, 15) is 4.79 Å². The Labute approximate surface area is 182 Å². The van der Waals surface area contributed by atoms with Gasteiger partial charge in [-0.1, -0.05) is 31.4 Å². The molecule has 0 fully saturated rings. The summed E-state index contributed by atoms with van der Waals surface area (Å²) < 4.78 is 0. The van der Waals surface area contributed by atoms with E-state index in [1.165, 1.54) is 0 Å². The maximum absolute atomic E-state index is 12.3. The first-order valence-electron chi connectivity index (χ1n) is 9.10. The second kappa shape index (κ2) is 8.86. The van der Waals surface area contributed by atoms with Crippen molar-refractivity contribution in [3.8, 4) is 21.1 Å². The molecular formula is C23H18N4OS2. The molecule has 0 bridgehead atoms. The van der Waals surface area contributed by atoms with Crippen LogP contribution >= 0.6 is 22.7 Å². The summed E-state index contributed by atoms with van der Waals surface area (Å²) in [6.45, 7) is 7.29. The molecule has 0 saturated heterocycles. The quantitative estimate of drug-likeness (QED) is 0.345. The van der Waals surface area contributed by atoms with E-state index in [0.29, 0.717) is 16.9 Å². The van der Waals surface area contributed by atoms with Crippen LogP contribution in [-0.4, -0.2) is 16.0 Å². The van der Waals surface area contributed by atoms with Gasteiger partial charge in [0, 0.05) is 11.4 Å². The van der Waals surface area contributed by atoms with Gasteiger partial charge in [0.2, 0.25) is 0 Å². The molecule has 3 aromatic heterocycles. The molecule has 2 N–H and O–H groups in total. The number of rotatable bonds is 6. The number of benzene rings is 1. The van der Waals surface area contributed by atoms with Crippen molar-refractivity contribution in [2.75, 3.05) is 5.32 Å². The van der Waals surface area contributed by atoms with Gasteiger partial charge in [0.05, 0.1) is 20.8 Å². The Balaban J connectivity index is 1.70. The zero-order valence-corrected chi connectivity index (χ0v) is 17.6. The molecule has 0 aliphatic rings. The first-order chi connectivity index (χ1) is 14.7. The Morgan fingerprint density at radius 2 is 1.60 bits per heavy atom. The molecule has 0 saturated carbocycles. The summed E-state index contributed by atoms with van der Waals surface area (Å²) in [6, 6.07) is 13.2. The standard InChI is InChI=1S/C23H18N4OS2/c1-3-7-15(4-2)24-23(28)25-16-10-11-17-18(14-16)27-22(20-9-6-13-30-20)21(26-17)19-8-5-12-29-19/h3-14H,1-2H2,(H2,24,25,28)/b15-7+. The van der Waals surface area contributed by atoms with Gasteiger partial charge in [-0.3, -0.25) is 0 Å². The second-order valence-corrected chi connectivity index (χ2v) is 8.12. The number of aromatic nitrogens is 2. The number of amides is 2. The predicted molar refractivity (Wildman–Crippen MR) is 127 cm³/mol. The minimum absolute atomic E-state index is 0.371. The number of nitrogens with zero attached hydrogens (tertiary/aromatic N) is 2. The van der Waals surface area contributed by atoms with Crippen LogP contribution < -0.4 is 10.6 Å². The van der Waals surface area contributed by atoms with Crippen molar-refractivity contribution in [1.29, 1.82) is 0 Å². The average Bonchev–Trinajstić information content (AvgIpc) is 3.46. The van der Waals surface area contributed by atoms with Gasteiger partial charge in [0.25, 0.3) is 0 Å². The number of hydrogen-bond acceptors (Lipinski definition) is 5. The number of anilines is 1. The third-order valence-electron chi connectivity index (χ3n) is 4.21. The molecule has 1 aromatic carbocycles. The third-order valence-corrected chi connectivity index (χ3v) is 5.96. The second-order valence-electron chi connectivity index (χ2n) is 6.22. The monoisotopic (exact) mass is 430 g/mol. The molecule has 0 aliphatic heterocycles. The summed E-state index contributed by atoms with van der Waals surface area (Å²) >= 11 is 3.26. The van der Waals surface area contributed by atoms with Crippen LogP contribution in [0.1, 0.15) is 0 Å². The minimum atomic E-state index is -0.371. The van der Waals surface area contributed by atoms with Crippen LogP contribution in [0, 0.1) is 0 Å². The van der Waals surface area contributed by atoms with Gasteiger partial charge in [-0.15, -0.1) is 22.7 Å². The third kappa shape index (κ3) is 4.22. The van der Waals surface area contributed by atoms with E-state index in [2.05, 4.69) is 23.8 Å². The van der Waals surface area contributed by atoms with E-state index in [1.807, 2.05) is 53.2 Å². The van der Waals surface area contributed by atoms with Gasteiger partial charge < -0.3 is 10.6 Å². The summed E-state index contributed by atoms with van der Waals surface area (Å²) in [4.78, 5) is 24.2. The van der Waals surface area contributed by atoms with Gasteiger partial charge >= 0.3 is 6.03 Å². The lowest BCUT2D eigenvalue weighted by atomic mass is 10.2. The maximum Gasteiger partial charge on any atom is 0.323 e. The van der Waals surface area contributed by atoms with E-state index in [1.54, 1.807) is 40.9 Å². The summed E-state index contributed by atoms with van der Waals surface area (Å²) in [5.41, 5.74) is 4.36. The first-order valence-corrected chi connectivity index (χ1v) is 10.9. The van der Waals surface area contributed by atoms with Crippen molar-refractivity contribution in [3.05, 3.63) is 90.3 Å². The summed E-state index contributed by atoms with van der Waals surface area (Å²) in [5, 5.41) is 9.59. The molecule has 148 valence electrons. The lowest BCUT2D eigenvalue weighted by Gasteiger charge is -2.10. The fourth-order valence-electron chi connectivity index (χ4n) is 2.88. The van der Waals surface area contributed by atoms with Gasteiger partial charge in [-0.2, -0.15) is 0 Å². The van der Waals surface area contributed by atoms with Gasteiger partial charge in [-0.25, -0.2) is 14.8 Å². The number of fused-ring (bicyclic) bond motifs is 1. The molecule has 0 unspecified atom stereocenters.